The van der Waals surface area contributed by atoms with Gasteiger partial charge in [-0.25, -0.2) is 0 Å². The third-order valence-corrected chi connectivity index (χ3v) is 4.49. The highest BCUT2D eigenvalue weighted by molar-refractivity contribution is 6.42. The first kappa shape index (κ1) is 15.1. The number of halogens is 2. The van der Waals surface area contributed by atoms with Gasteiger partial charge in [-0.3, -0.25) is 0 Å². The molecular weight excluding hydrogens is 281 g/mol. The molecule has 1 saturated carbocycles. The molecule has 0 amide bonds. The summed E-state index contributed by atoms with van der Waals surface area (Å²) in [6.07, 6.45) is 5.54. The van der Waals surface area contributed by atoms with E-state index in [4.69, 9.17) is 27.9 Å². The van der Waals surface area contributed by atoms with Crippen LogP contribution < -0.4 is 5.32 Å². The van der Waals surface area contributed by atoms with E-state index >= 15 is 0 Å². The van der Waals surface area contributed by atoms with Gasteiger partial charge >= 0.3 is 0 Å². The highest BCUT2D eigenvalue weighted by Crippen LogP contribution is 2.29. The third kappa shape index (κ3) is 4.35. The van der Waals surface area contributed by atoms with Crippen molar-refractivity contribution in [3.05, 3.63) is 33.8 Å². The fraction of sp³-hybridized carbons (Fsp3) is 0.600. The Morgan fingerprint density at radius 1 is 1.32 bits per heavy atom. The van der Waals surface area contributed by atoms with Gasteiger partial charge < -0.3 is 10.1 Å². The van der Waals surface area contributed by atoms with Crippen molar-refractivity contribution >= 4 is 23.2 Å². The van der Waals surface area contributed by atoms with E-state index in [-0.39, 0.29) is 6.04 Å². The molecule has 1 N–H and O–H groups in total. The summed E-state index contributed by atoms with van der Waals surface area (Å²) in [5, 5.41) is 4.67. The minimum absolute atomic E-state index is 0.179. The van der Waals surface area contributed by atoms with E-state index in [1.54, 1.807) is 0 Å². The number of hydrogen-bond donors (Lipinski definition) is 1. The van der Waals surface area contributed by atoms with Crippen LogP contribution in [0.5, 0.6) is 0 Å². The lowest BCUT2D eigenvalue weighted by Gasteiger charge is -2.17. The first-order chi connectivity index (χ1) is 9.18. The van der Waals surface area contributed by atoms with Crippen LogP contribution in [0.1, 0.15) is 44.2 Å². The van der Waals surface area contributed by atoms with Gasteiger partial charge in [-0.05, 0) is 31.4 Å². The Labute approximate surface area is 125 Å². The first-order valence-electron chi connectivity index (χ1n) is 6.97. The van der Waals surface area contributed by atoms with Gasteiger partial charge in [0.2, 0.25) is 0 Å². The molecule has 0 saturated heterocycles. The van der Waals surface area contributed by atoms with Crippen LogP contribution in [0.2, 0.25) is 10.0 Å². The standard InChI is InChI=1S/C15H21Cl2NO/c1-11(13-7-4-8-14(16)15(13)17)18-9-10-19-12-5-2-3-6-12/h4,7-8,11-12,18H,2-3,5-6,9-10H2,1H3. The van der Waals surface area contributed by atoms with Gasteiger partial charge in [0.25, 0.3) is 0 Å². The molecule has 0 bridgehead atoms. The summed E-state index contributed by atoms with van der Waals surface area (Å²) in [5.74, 6) is 0. The Morgan fingerprint density at radius 2 is 2.05 bits per heavy atom. The SMILES string of the molecule is CC(NCCOC1CCCC1)c1cccc(Cl)c1Cl. The molecule has 0 heterocycles. The van der Waals surface area contributed by atoms with Crippen LogP contribution in [-0.2, 0) is 4.74 Å². The summed E-state index contributed by atoms with van der Waals surface area (Å²) in [6.45, 7) is 3.68. The van der Waals surface area contributed by atoms with Crippen molar-refractivity contribution in [2.45, 2.75) is 44.8 Å². The predicted molar refractivity (Wildman–Crippen MR) is 81.1 cm³/mol. The molecule has 0 radical (unpaired) electrons. The number of benzene rings is 1. The van der Waals surface area contributed by atoms with E-state index in [9.17, 15) is 0 Å². The molecule has 1 atom stereocenters. The number of rotatable bonds is 6. The Hall–Kier alpha value is -0.280. The van der Waals surface area contributed by atoms with Crippen molar-refractivity contribution in [2.24, 2.45) is 0 Å². The largest absolute Gasteiger partial charge is 0.377 e. The lowest BCUT2D eigenvalue weighted by Crippen LogP contribution is -2.25. The van der Waals surface area contributed by atoms with Crippen LogP contribution >= 0.6 is 23.2 Å². The second-order valence-electron chi connectivity index (χ2n) is 5.10. The van der Waals surface area contributed by atoms with Crippen molar-refractivity contribution < 1.29 is 4.74 Å². The Kier molecular flexibility index (Phi) is 5.96. The van der Waals surface area contributed by atoms with Gasteiger partial charge in [0.05, 0.1) is 22.8 Å². The van der Waals surface area contributed by atoms with Gasteiger partial charge in [0, 0.05) is 12.6 Å². The second-order valence-corrected chi connectivity index (χ2v) is 5.88. The normalized spacial score (nSPS) is 17.8. The number of hydrogen-bond acceptors (Lipinski definition) is 2. The fourth-order valence-electron chi connectivity index (χ4n) is 2.52. The van der Waals surface area contributed by atoms with Gasteiger partial charge in [-0.1, -0.05) is 48.2 Å². The molecule has 0 spiro atoms. The molecule has 19 heavy (non-hydrogen) atoms. The van der Waals surface area contributed by atoms with Crippen molar-refractivity contribution in [1.82, 2.24) is 5.32 Å². The third-order valence-electron chi connectivity index (χ3n) is 3.66. The van der Waals surface area contributed by atoms with Crippen LogP contribution in [0.4, 0.5) is 0 Å². The highest BCUT2D eigenvalue weighted by Gasteiger charge is 2.15. The fourth-order valence-corrected chi connectivity index (χ4v) is 2.99. The first-order valence-corrected chi connectivity index (χ1v) is 7.73. The zero-order chi connectivity index (χ0) is 13.7. The average molecular weight is 302 g/mol. The van der Waals surface area contributed by atoms with Crippen LogP contribution in [-0.4, -0.2) is 19.3 Å². The summed E-state index contributed by atoms with van der Waals surface area (Å²) in [7, 11) is 0. The minimum Gasteiger partial charge on any atom is -0.377 e. The summed E-state index contributed by atoms with van der Waals surface area (Å²) in [4.78, 5) is 0. The zero-order valence-corrected chi connectivity index (χ0v) is 12.8. The van der Waals surface area contributed by atoms with Crippen molar-refractivity contribution in [2.75, 3.05) is 13.2 Å². The smallest absolute Gasteiger partial charge is 0.0639 e. The topological polar surface area (TPSA) is 21.3 Å². The Balaban J connectivity index is 1.74. The lowest BCUT2D eigenvalue weighted by molar-refractivity contribution is 0.0593. The van der Waals surface area contributed by atoms with Crippen LogP contribution in [0, 0.1) is 0 Å². The molecule has 1 unspecified atom stereocenters. The monoisotopic (exact) mass is 301 g/mol. The minimum atomic E-state index is 0.179. The molecule has 4 heteroatoms. The van der Waals surface area contributed by atoms with Gasteiger partial charge in [0.1, 0.15) is 0 Å². The maximum absolute atomic E-state index is 6.20. The number of nitrogens with one attached hydrogen (secondary N) is 1. The zero-order valence-electron chi connectivity index (χ0n) is 11.3. The van der Waals surface area contributed by atoms with E-state index < -0.39 is 0 Å². The maximum Gasteiger partial charge on any atom is 0.0639 e. The van der Waals surface area contributed by atoms with E-state index in [2.05, 4.69) is 12.2 Å². The average Bonchev–Trinajstić information content (AvgIpc) is 2.91. The van der Waals surface area contributed by atoms with Gasteiger partial charge in [-0.15, -0.1) is 0 Å². The Bertz CT molecular complexity index is 405. The van der Waals surface area contributed by atoms with E-state index in [0.717, 1.165) is 18.7 Å². The van der Waals surface area contributed by atoms with Crippen molar-refractivity contribution in [3.8, 4) is 0 Å². The number of ether oxygens (including phenoxy) is 1. The summed E-state index contributed by atoms with van der Waals surface area (Å²) in [6, 6.07) is 5.92. The molecule has 0 aliphatic heterocycles. The van der Waals surface area contributed by atoms with E-state index in [1.807, 2.05) is 18.2 Å². The molecule has 1 aliphatic rings. The molecule has 2 rings (SSSR count). The second kappa shape index (κ2) is 7.49. The molecule has 106 valence electrons. The molecule has 1 aromatic rings. The predicted octanol–water partition coefficient (Wildman–Crippen LogP) is 4.60. The molecule has 0 aromatic heterocycles. The molecular formula is C15H21Cl2NO. The van der Waals surface area contributed by atoms with Crippen LogP contribution in [0.25, 0.3) is 0 Å². The summed E-state index contributed by atoms with van der Waals surface area (Å²) < 4.78 is 5.82. The lowest BCUT2D eigenvalue weighted by atomic mass is 10.1. The van der Waals surface area contributed by atoms with Crippen LogP contribution in [0.3, 0.4) is 0 Å². The maximum atomic E-state index is 6.20. The highest BCUT2D eigenvalue weighted by atomic mass is 35.5. The van der Waals surface area contributed by atoms with Gasteiger partial charge in [-0.2, -0.15) is 0 Å². The molecule has 2 nitrogen and oxygen atoms in total. The van der Waals surface area contributed by atoms with Crippen molar-refractivity contribution in [1.29, 1.82) is 0 Å². The van der Waals surface area contributed by atoms with E-state index in [1.165, 1.54) is 25.7 Å². The molecule has 1 aliphatic carbocycles. The van der Waals surface area contributed by atoms with Crippen molar-refractivity contribution in [3.63, 3.8) is 0 Å². The summed E-state index contributed by atoms with van der Waals surface area (Å²) >= 11 is 12.2. The Morgan fingerprint density at radius 3 is 2.79 bits per heavy atom. The summed E-state index contributed by atoms with van der Waals surface area (Å²) in [5.41, 5.74) is 1.04. The van der Waals surface area contributed by atoms with Crippen LogP contribution in [0.15, 0.2) is 18.2 Å². The quantitative estimate of drug-likeness (QED) is 0.775. The molecule has 1 fully saturated rings. The van der Waals surface area contributed by atoms with Gasteiger partial charge in [0.15, 0.2) is 0 Å². The molecule has 1 aromatic carbocycles. The van der Waals surface area contributed by atoms with E-state index in [0.29, 0.717) is 16.1 Å².